The highest BCUT2D eigenvalue weighted by atomic mass is 35.5. The minimum Gasteiger partial charge on any atom is -0.591 e. The van der Waals surface area contributed by atoms with E-state index in [4.69, 9.17) is 16.3 Å². The molecule has 6 heteroatoms. The predicted molar refractivity (Wildman–Crippen MR) is 77.9 cm³/mol. The first-order valence-corrected chi connectivity index (χ1v) is 7.31. The summed E-state index contributed by atoms with van der Waals surface area (Å²) in [5.74, 6) is -0.350. The predicted octanol–water partition coefficient (Wildman–Crippen LogP) is 3.78. The first kappa shape index (κ1) is 16.3. The average Bonchev–Trinajstić information content (AvgIpc) is 2.29. The maximum atomic E-state index is 13.4. The molecule has 0 aliphatic carbocycles. The van der Waals surface area contributed by atoms with Gasteiger partial charge in [-0.1, -0.05) is 16.0 Å². The van der Waals surface area contributed by atoms with Gasteiger partial charge in [-0.3, -0.25) is 0 Å². The fourth-order valence-corrected chi connectivity index (χ4v) is 1.81. The molecule has 0 radical (unpaired) electrons. The summed E-state index contributed by atoms with van der Waals surface area (Å²) < 4.78 is 33.7. The number of rotatable bonds is 5. The van der Waals surface area contributed by atoms with Crippen molar-refractivity contribution in [2.45, 2.75) is 31.9 Å². The molecule has 106 valence electrons. The first-order valence-electron chi connectivity index (χ1n) is 5.83. The van der Waals surface area contributed by atoms with Crippen LogP contribution in [0.2, 0.25) is 5.02 Å². The molecule has 0 saturated carbocycles. The smallest absolute Gasteiger partial charge is 0.166 e. The van der Waals surface area contributed by atoms with Gasteiger partial charge in [-0.05, 0) is 39.0 Å². The summed E-state index contributed by atoms with van der Waals surface area (Å²) in [7, 11) is 0. The lowest BCUT2D eigenvalue weighted by Crippen LogP contribution is -2.25. The normalized spacial score (nSPS) is 13.8. The maximum Gasteiger partial charge on any atom is 0.166 e. The molecule has 0 fully saturated rings. The lowest BCUT2D eigenvalue weighted by molar-refractivity contribution is 0.313. The minimum atomic E-state index is -1.27. The molecule has 0 unspecified atom stereocenters. The van der Waals surface area contributed by atoms with E-state index in [1.165, 1.54) is 18.3 Å². The Hall–Kier alpha value is -0.780. The molecule has 1 atom stereocenters. The zero-order chi connectivity index (χ0) is 14.5. The van der Waals surface area contributed by atoms with Crippen molar-refractivity contribution in [2.24, 2.45) is 4.40 Å². The number of halogens is 2. The Morgan fingerprint density at radius 3 is 2.74 bits per heavy atom. The van der Waals surface area contributed by atoms with Gasteiger partial charge in [0, 0.05) is 11.4 Å². The molecule has 0 aliphatic heterocycles. The van der Waals surface area contributed by atoms with Crippen LogP contribution in [-0.2, 0) is 11.4 Å². The zero-order valence-electron chi connectivity index (χ0n) is 11.2. The number of benzene rings is 1. The van der Waals surface area contributed by atoms with E-state index in [1.54, 1.807) is 6.07 Å². The van der Waals surface area contributed by atoms with Gasteiger partial charge in [-0.15, -0.1) is 0 Å². The van der Waals surface area contributed by atoms with Crippen molar-refractivity contribution in [1.82, 2.24) is 0 Å². The maximum absolute atomic E-state index is 13.4. The second-order valence-corrected chi connectivity index (χ2v) is 7.23. The molecule has 0 saturated heterocycles. The highest BCUT2D eigenvalue weighted by Gasteiger charge is 2.25. The van der Waals surface area contributed by atoms with Gasteiger partial charge in [0.2, 0.25) is 0 Å². The van der Waals surface area contributed by atoms with E-state index in [1.807, 2.05) is 20.8 Å². The molecular weight excluding hydrogens is 289 g/mol. The van der Waals surface area contributed by atoms with Crippen molar-refractivity contribution in [1.29, 1.82) is 0 Å². The molecule has 0 amide bonds. The summed E-state index contributed by atoms with van der Waals surface area (Å²) >= 11 is 4.36. The minimum absolute atomic E-state index is 0.148. The lowest BCUT2D eigenvalue weighted by atomic mass is 10.3. The van der Waals surface area contributed by atoms with Gasteiger partial charge in [0.25, 0.3) is 0 Å². The average molecular weight is 306 g/mol. The van der Waals surface area contributed by atoms with E-state index in [2.05, 4.69) is 4.40 Å². The lowest BCUT2D eigenvalue weighted by Gasteiger charge is -2.17. The molecule has 0 spiro atoms. The number of nitrogens with zero attached hydrogens (tertiary/aromatic N) is 1. The fourth-order valence-electron chi connectivity index (χ4n) is 1.09. The second-order valence-electron chi connectivity index (χ2n) is 4.86. The van der Waals surface area contributed by atoms with Gasteiger partial charge < -0.3 is 9.29 Å². The van der Waals surface area contributed by atoms with Crippen LogP contribution in [0.4, 0.5) is 4.39 Å². The van der Waals surface area contributed by atoms with Crippen molar-refractivity contribution in [3.8, 4) is 5.75 Å². The van der Waals surface area contributed by atoms with Crippen molar-refractivity contribution in [3.05, 3.63) is 29.0 Å². The Morgan fingerprint density at radius 2 is 2.16 bits per heavy atom. The van der Waals surface area contributed by atoms with Crippen molar-refractivity contribution in [2.75, 3.05) is 6.61 Å². The third-order valence-electron chi connectivity index (χ3n) is 2.09. The molecule has 0 N–H and O–H groups in total. The van der Waals surface area contributed by atoms with Gasteiger partial charge in [-0.25, -0.2) is 4.39 Å². The summed E-state index contributed by atoms with van der Waals surface area (Å²) in [5, 5.41) is 0.326. The first-order chi connectivity index (χ1) is 8.80. The third-order valence-corrected chi connectivity index (χ3v) is 3.72. The van der Waals surface area contributed by atoms with Crippen LogP contribution in [0.1, 0.15) is 27.2 Å². The quantitative estimate of drug-likeness (QED) is 0.472. The highest BCUT2D eigenvalue weighted by molar-refractivity contribution is 7.91. The Balaban J connectivity index is 2.37. The van der Waals surface area contributed by atoms with E-state index < -0.39 is 17.2 Å². The zero-order valence-corrected chi connectivity index (χ0v) is 12.7. The van der Waals surface area contributed by atoms with Crippen LogP contribution < -0.4 is 4.74 Å². The highest BCUT2D eigenvalue weighted by Crippen LogP contribution is 2.21. The Labute approximate surface area is 121 Å². The van der Waals surface area contributed by atoms with Gasteiger partial charge in [0.1, 0.15) is 16.1 Å². The number of ether oxygens (including phenoxy) is 1. The van der Waals surface area contributed by atoms with Gasteiger partial charge in [0.05, 0.1) is 12.8 Å². The van der Waals surface area contributed by atoms with E-state index in [-0.39, 0.29) is 17.1 Å². The van der Waals surface area contributed by atoms with Gasteiger partial charge >= 0.3 is 0 Å². The molecule has 0 heterocycles. The summed E-state index contributed by atoms with van der Waals surface area (Å²) in [6, 6.07) is 4.23. The summed E-state index contributed by atoms with van der Waals surface area (Å²) in [5.41, 5.74) is 0. The van der Waals surface area contributed by atoms with Crippen LogP contribution in [0, 0.1) is 5.82 Å². The van der Waals surface area contributed by atoms with Crippen LogP contribution in [0.3, 0.4) is 0 Å². The molecule has 1 aromatic carbocycles. The van der Waals surface area contributed by atoms with Crippen molar-refractivity contribution < 1.29 is 13.7 Å². The van der Waals surface area contributed by atoms with Crippen LogP contribution in [0.25, 0.3) is 0 Å². The molecule has 0 aromatic heterocycles. The van der Waals surface area contributed by atoms with E-state index in [0.717, 1.165) is 0 Å². The SMILES string of the molecule is CC(C)(C)[S@@+]([O-])/N=C/CCOc1ccc(Cl)cc1F. The standard InChI is InChI=1S/C13H17ClFNO2S/c1-13(2,3)19(17)16-7-4-8-18-12-6-5-10(14)9-11(12)15/h5-7,9H,4,8H2,1-3H3/b16-7+/t19-/m1/s1. The van der Waals surface area contributed by atoms with Crippen LogP contribution in [-0.4, -0.2) is 22.1 Å². The van der Waals surface area contributed by atoms with Crippen molar-refractivity contribution >= 4 is 29.2 Å². The summed E-state index contributed by atoms with van der Waals surface area (Å²) in [6.45, 7) is 5.81. The molecule has 0 aliphatic rings. The van der Waals surface area contributed by atoms with Gasteiger partial charge in [-0.2, -0.15) is 0 Å². The Bertz CT molecular complexity index is 449. The van der Waals surface area contributed by atoms with E-state index in [9.17, 15) is 8.94 Å². The second kappa shape index (κ2) is 7.12. The summed E-state index contributed by atoms with van der Waals surface area (Å²) in [4.78, 5) is 0. The monoisotopic (exact) mass is 305 g/mol. The van der Waals surface area contributed by atoms with E-state index >= 15 is 0 Å². The Morgan fingerprint density at radius 1 is 1.47 bits per heavy atom. The third kappa shape index (κ3) is 5.80. The number of hydrogen-bond donors (Lipinski definition) is 0. The largest absolute Gasteiger partial charge is 0.591 e. The number of hydrogen-bond acceptors (Lipinski definition) is 3. The molecule has 0 bridgehead atoms. The molecule has 1 aromatic rings. The van der Waals surface area contributed by atoms with Crippen LogP contribution >= 0.6 is 11.6 Å². The fraction of sp³-hybridized carbons (Fsp3) is 0.462. The summed E-state index contributed by atoms with van der Waals surface area (Å²) in [6.07, 6.45) is 2.00. The topological polar surface area (TPSA) is 44.7 Å². The molecule has 19 heavy (non-hydrogen) atoms. The van der Waals surface area contributed by atoms with E-state index in [0.29, 0.717) is 11.4 Å². The van der Waals surface area contributed by atoms with Crippen molar-refractivity contribution in [3.63, 3.8) is 0 Å². The van der Waals surface area contributed by atoms with Gasteiger partial charge in [0.15, 0.2) is 11.6 Å². The van der Waals surface area contributed by atoms with Crippen LogP contribution in [0.5, 0.6) is 5.75 Å². The molecule has 3 nitrogen and oxygen atoms in total. The molecule has 1 rings (SSSR count). The Kier molecular flexibility index (Phi) is 6.10. The van der Waals surface area contributed by atoms with Crippen LogP contribution in [0.15, 0.2) is 22.6 Å². The molecular formula is C13H17ClFNO2S.